The quantitative estimate of drug-likeness (QED) is 0.707. The summed E-state index contributed by atoms with van der Waals surface area (Å²) in [6.07, 6.45) is 1.68. The molecule has 2 aromatic carbocycles. The molecule has 5 nitrogen and oxygen atoms in total. The lowest BCUT2D eigenvalue weighted by atomic mass is 10.1. The van der Waals surface area contributed by atoms with Gasteiger partial charge in [-0.1, -0.05) is 36.4 Å². The van der Waals surface area contributed by atoms with Crippen molar-refractivity contribution in [1.29, 1.82) is 0 Å². The fourth-order valence-electron chi connectivity index (χ4n) is 2.27. The molecule has 0 saturated heterocycles. The van der Waals surface area contributed by atoms with E-state index in [2.05, 4.69) is 15.5 Å². The highest BCUT2D eigenvalue weighted by Crippen LogP contribution is 2.18. The Labute approximate surface area is 138 Å². The molecule has 0 atom stereocenters. The number of amides is 1. The number of halogens is 1. The van der Waals surface area contributed by atoms with Gasteiger partial charge in [0.15, 0.2) is 0 Å². The predicted molar refractivity (Wildman–Crippen MR) is 86.8 cm³/mol. The number of hydrogen-bond acceptors (Lipinski definition) is 4. The molecule has 122 valence electrons. The van der Waals surface area contributed by atoms with E-state index in [0.717, 1.165) is 12.8 Å². The minimum absolute atomic E-state index is 0.115. The summed E-state index contributed by atoms with van der Waals surface area (Å²) in [6, 6.07) is 15.8. The smallest absolute Gasteiger partial charge is 0.308 e. The molecule has 1 aromatic heterocycles. The van der Waals surface area contributed by atoms with Crippen molar-refractivity contribution in [3.63, 3.8) is 0 Å². The second-order valence-corrected chi connectivity index (χ2v) is 5.27. The fraction of sp³-hybridized carbons (Fsp3) is 0.167. The third-order valence-electron chi connectivity index (χ3n) is 3.46. The van der Waals surface area contributed by atoms with Crippen LogP contribution in [0.5, 0.6) is 0 Å². The Kier molecular flexibility index (Phi) is 4.96. The van der Waals surface area contributed by atoms with Crippen molar-refractivity contribution in [2.45, 2.75) is 12.8 Å². The van der Waals surface area contributed by atoms with Gasteiger partial charge in [0.2, 0.25) is 5.89 Å². The second-order valence-electron chi connectivity index (χ2n) is 5.27. The molecule has 3 aromatic rings. The fourth-order valence-corrected chi connectivity index (χ4v) is 2.27. The van der Waals surface area contributed by atoms with Crippen LogP contribution in [0, 0.1) is 5.82 Å². The topological polar surface area (TPSA) is 68.0 Å². The first-order chi connectivity index (χ1) is 11.7. The van der Waals surface area contributed by atoms with E-state index < -0.39 is 11.7 Å². The lowest BCUT2D eigenvalue weighted by Gasteiger charge is -2.02. The van der Waals surface area contributed by atoms with Crippen LogP contribution in [-0.4, -0.2) is 22.6 Å². The summed E-state index contributed by atoms with van der Waals surface area (Å²) >= 11 is 0. The van der Waals surface area contributed by atoms with Crippen LogP contribution in [-0.2, 0) is 6.42 Å². The van der Waals surface area contributed by atoms with Gasteiger partial charge in [-0.15, -0.1) is 10.2 Å². The van der Waals surface area contributed by atoms with Crippen molar-refractivity contribution in [3.05, 3.63) is 71.9 Å². The van der Waals surface area contributed by atoms with Gasteiger partial charge in [0.25, 0.3) is 0 Å². The molecule has 0 saturated carbocycles. The average Bonchev–Trinajstić information content (AvgIpc) is 3.10. The van der Waals surface area contributed by atoms with E-state index in [-0.39, 0.29) is 11.8 Å². The minimum atomic E-state index is -0.432. The highest BCUT2D eigenvalue weighted by molar-refractivity contribution is 5.89. The molecule has 0 aliphatic rings. The van der Waals surface area contributed by atoms with Gasteiger partial charge in [-0.25, -0.2) is 4.39 Å². The van der Waals surface area contributed by atoms with E-state index in [1.54, 1.807) is 6.07 Å². The standard InChI is InChI=1S/C18H16FN3O2/c19-15-10-4-9-14(12-15)17-21-22-18(24-17)16(23)20-11-5-8-13-6-2-1-3-7-13/h1-4,6-7,9-10,12H,5,8,11H2,(H,20,23). The summed E-state index contributed by atoms with van der Waals surface area (Å²) < 4.78 is 18.5. The van der Waals surface area contributed by atoms with E-state index in [1.807, 2.05) is 30.3 Å². The maximum absolute atomic E-state index is 13.2. The third kappa shape index (κ3) is 4.04. The van der Waals surface area contributed by atoms with Crippen LogP contribution < -0.4 is 5.32 Å². The Morgan fingerprint density at radius 3 is 2.71 bits per heavy atom. The van der Waals surface area contributed by atoms with Gasteiger partial charge in [-0.2, -0.15) is 0 Å². The number of benzene rings is 2. The molecule has 1 amide bonds. The summed E-state index contributed by atoms with van der Waals surface area (Å²) in [5.41, 5.74) is 1.66. The summed E-state index contributed by atoms with van der Waals surface area (Å²) in [7, 11) is 0. The zero-order valence-electron chi connectivity index (χ0n) is 12.9. The number of rotatable bonds is 6. The Hall–Kier alpha value is -3.02. The van der Waals surface area contributed by atoms with Crippen molar-refractivity contribution in [2.75, 3.05) is 6.54 Å². The third-order valence-corrected chi connectivity index (χ3v) is 3.46. The number of aromatic nitrogens is 2. The van der Waals surface area contributed by atoms with Crippen LogP contribution in [0.4, 0.5) is 4.39 Å². The molecule has 0 bridgehead atoms. The highest BCUT2D eigenvalue weighted by atomic mass is 19.1. The molecule has 3 rings (SSSR count). The summed E-state index contributed by atoms with van der Waals surface area (Å²) in [6.45, 7) is 0.505. The van der Waals surface area contributed by atoms with Crippen LogP contribution >= 0.6 is 0 Å². The largest absolute Gasteiger partial charge is 0.412 e. The number of hydrogen-bond donors (Lipinski definition) is 1. The van der Waals surface area contributed by atoms with Crippen LogP contribution in [0.25, 0.3) is 11.5 Å². The monoisotopic (exact) mass is 325 g/mol. The van der Waals surface area contributed by atoms with E-state index in [4.69, 9.17) is 4.42 Å². The predicted octanol–water partition coefficient (Wildman–Crippen LogP) is 3.24. The van der Waals surface area contributed by atoms with Crippen molar-refractivity contribution in [3.8, 4) is 11.5 Å². The molecule has 0 radical (unpaired) electrons. The van der Waals surface area contributed by atoms with E-state index >= 15 is 0 Å². The molecule has 6 heteroatoms. The van der Waals surface area contributed by atoms with Crippen molar-refractivity contribution >= 4 is 5.91 Å². The van der Waals surface area contributed by atoms with E-state index in [9.17, 15) is 9.18 Å². The van der Waals surface area contributed by atoms with Crippen LogP contribution in [0.2, 0.25) is 0 Å². The Bertz CT molecular complexity index is 818. The van der Waals surface area contributed by atoms with Crippen molar-refractivity contribution < 1.29 is 13.6 Å². The molecule has 0 fully saturated rings. The van der Waals surface area contributed by atoms with Crippen LogP contribution in [0.3, 0.4) is 0 Å². The lowest BCUT2D eigenvalue weighted by Crippen LogP contribution is -2.25. The van der Waals surface area contributed by atoms with Crippen LogP contribution in [0.1, 0.15) is 22.7 Å². The van der Waals surface area contributed by atoms with Gasteiger partial charge in [-0.05, 0) is 36.6 Å². The zero-order chi connectivity index (χ0) is 16.8. The van der Waals surface area contributed by atoms with Gasteiger partial charge >= 0.3 is 11.8 Å². The lowest BCUT2D eigenvalue weighted by molar-refractivity contribution is 0.0919. The van der Waals surface area contributed by atoms with Gasteiger partial charge in [0.05, 0.1) is 0 Å². The highest BCUT2D eigenvalue weighted by Gasteiger charge is 2.15. The molecule has 1 N–H and O–H groups in total. The SMILES string of the molecule is O=C(NCCCc1ccccc1)c1nnc(-c2cccc(F)c2)o1. The van der Waals surface area contributed by atoms with E-state index in [0.29, 0.717) is 12.1 Å². The molecular formula is C18H16FN3O2. The summed E-state index contributed by atoms with van der Waals surface area (Å²) in [4.78, 5) is 12.0. The molecular weight excluding hydrogens is 309 g/mol. The van der Waals surface area contributed by atoms with Gasteiger partial charge in [-0.3, -0.25) is 4.79 Å². The number of carbonyl (C=O) groups excluding carboxylic acids is 1. The maximum atomic E-state index is 13.2. The average molecular weight is 325 g/mol. The number of nitrogens with one attached hydrogen (secondary N) is 1. The first-order valence-corrected chi connectivity index (χ1v) is 7.64. The Morgan fingerprint density at radius 2 is 1.92 bits per heavy atom. The zero-order valence-corrected chi connectivity index (χ0v) is 12.9. The molecule has 0 spiro atoms. The molecule has 1 heterocycles. The maximum Gasteiger partial charge on any atom is 0.308 e. The second kappa shape index (κ2) is 7.50. The first-order valence-electron chi connectivity index (χ1n) is 7.64. The van der Waals surface area contributed by atoms with Crippen molar-refractivity contribution in [1.82, 2.24) is 15.5 Å². The van der Waals surface area contributed by atoms with Crippen LogP contribution in [0.15, 0.2) is 59.0 Å². The van der Waals surface area contributed by atoms with Crippen molar-refractivity contribution in [2.24, 2.45) is 0 Å². The normalized spacial score (nSPS) is 10.5. The number of nitrogens with zero attached hydrogens (tertiary/aromatic N) is 2. The first kappa shape index (κ1) is 15.9. The van der Waals surface area contributed by atoms with E-state index in [1.165, 1.54) is 23.8 Å². The van der Waals surface area contributed by atoms with Gasteiger partial charge in [0.1, 0.15) is 5.82 Å². The number of aryl methyl sites for hydroxylation is 1. The van der Waals surface area contributed by atoms with Gasteiger partial charge < -0.3 is 9.73 Å². The molecule has 0 aliphatic heterocycles. The molecule has 0 unspecified atom stereocenters. The molecule has 0 aliphatic carbocycles. The summed E-state index contributed by atoms with van der Waals surface area (Å²) in [5.74, 6) is -0.853. The Morgan fingerprint density at radius 1 is 1.08 bits per heavy atom. The number of carbonyl (C=O) groups is 1. The summed E-state index contributed by atoms with van der Waals surface area (Å²) in [5, 5.41) is 10.2. The molecule has 24 heavy (non-hydrogen) atoms. The Balaban J connectivity index is 1.52. The van der Waals surface area contributed by atoms with Gasteiger partial charge in [0, 0.05) is 12.1 Å². The minimum Gasteiger partial charge on any atom is -0.412 e.